The summed E-state index contributed by atoms with van der Waals surface area (Å²) in [6.07, 6.45) is 4.09. The minimum atomic E-state index is -1.08. The predicted molar refractivity (Wildman–Crippen MR) is 398 cm³/mol. The van der Waals surface area contributed by atoms with Crippen LogP contribution in [0.15, 0.2) is 322 Å². The molecule has 1 aliphatic heterocycles. The lowest BCUT2D eigenvalue weighted by Gasteiger charge is -2.39. The van der Waals surface area contributed by atoms with E-state index in [1.54, 1.807) is 0 Å². The fraction of sp³-hybridized carbons (Fsp3) is 0.0111. The highest BCUT2D eigenvalue weighted by atomic mass is 16.5. The van der Waals surface area contributed by atoms with Crippen LogP contribution in [0.3, 0.4) is 0 Å². The van der Waals surface area contributed by atoms with Gasteiger partial charge in [0.2, 0.25) is 0 Å². The highest BCUT2D eigenvalue weighted by Crippen LogP contribution is 2.63. The molecule has 0 saturated heterocycles. The largest absolute Gasteiger partial charge is 0.457 e. The van der Waals surface area contributed by atoms with Crippen LogP contribution < -0.4 is 4.74 Å². The first-order chi connectivity index (χ1) is 48.5. The van der Waals surface area contributed by atoms with E-state index in [1.165, 1.54) is 26.9 Å². The van der Waals surface area contributed by atoms with Crippen LogP contribution in [0.4, 0.5) is 0 Å². The average molecular weight is 1250 g/mol. The van der Waals surface area contributed by atoms with Crippen molar-refractivity contribution in [3.8, 4) is 85.1 Å². The average Bonchev–Trinajstić information content (AvgIpc) is 1.47. The summed E-state index contributed by atoms with van der Waals surface area (Å²) in [6.45, 7) is 0. The zero-order valence-electron chi connectivity index (χ0n) is 52.6. The van der Waals surface area contributed by atoms with Crippen molar-refractivity contribution in [3.05, 3.63) is 350 Å². The molecule has 1 spiro atoms. The smallest absolute Gasteiger partial charge is 0.132 e. The second kappa shape index (κ2) is 20.6. The van der Waals surface area contributed by atoms with Crippen molar-refractivity contribution in [1.29, 1.82) is 5.26 Å². The molecule has 19 aromatic rings. The highest BCUT2D eigenvalue weighted by molar-refractivity contribution is 6.14. The lowest BCUT2D eigenvalue weighted by Crippen LogP contribution is -2.32. The molecule has 0 N–H and O–H groups in total. The Bertz CT molecular complexity index is 6610. The van der Waals surface area contributed by atoms with Crippen LogP contribution in [0.1, 0.15) is 27.8 Å². The second-order valence-electron chi connectivity index (χ2n) is 25.9. The van der Waals surface area contributed by atoms with Crippen molar-refractivity contribution >= 4 is 87.2 Å². The maximum atomic E-state index is 10.3. The molecule has 6 aromatic heterocycles. The fourth-order valence-electron chi connectivity index (χ4n) is 16.7. The van der Waals surface area contributed by atoms with Gasteiger partial charge in [-0.15, -0.1) is 0 Å². The lowest BCUT2D eigenvalue weighted by molar-refractivity contribution is 0.436. The van der Waals surface area contributed by atoms with Gasteiger partial charge in [-0.05, 0) is 179 Å². The second-order valence-corrected chi connectivity index (χ2v) is 25.9. The number of nitrogens with zero attached hydrogens (tertiary/aromatic N) is 7. The van der Waals surface area contributed by atoms with Crippen LogP contribution in [0.25, 0.3) is 155 Å². The van der Waals surface area contributed by atoms with Gasteiger partial charge in [0.05, 0.1) is 84.5 Å². The van der Waals surface area contributed by atoms with Gasteiger partial charge < -0.3 is 23.0 Å². The third-order valence-electron chi connectivity index (χ3n) is 20.9. The van der Waals surface area contributed by atoms with E-state index in [-0.39, 0.29) is 0 Å². The topological polar surface area (TPSA) is 78.5 Å². The summed E-state index contributed by atoms with van der Waals surface area (Å²) in [7, 11) is 0. The number of nitriles is 1. The Balaban J connectivity index is 0.847. The van der Waals surface area contributed by atoms with E-state index in [4.69, 9.17) is 14.7 Å². The molecule has 8 heteroatoms. The molecule has 0 amide bonds. The van der Waals surface area contributed by atoms with Crippen LogP contribution in [0.2, 0.25) is 0 Å². The van der Waals surface area contributed by atoms with E-state index in [2.05, 4.69) is 322 Å². The molecule has 0 fully saturated rings. The number of fused-ring (bicyclic) bond motifs is 21. The van der Waals surface area contributed by atoms with Crippen molar-refractivity contribution in [1.82, 2.24) is 28.2 Å². The summed E-state index contributed by atoms with van der Waals surface area (Å²) < 4.78 is 16.9. The Morgan fingerprint density at radius 2 is 0.592 bits per heavy atom. The molecule has 1 unspecified atom stereocenters. The van der Waals surface area contributed by atoms with E-state index in [0.29, 0.717) is 5.56 Å². The van der Waals surface area contributed by atoms with E-state index in [9.17, 15) is 5.26 Å². The van der Waals surface area contributed by atoms with Gasteiger partial charge >= 0.3 is 0 Å². The van der Waals surface area contributed by atoms with Crippen molar-refractivity contribution < 1.29 is 4.74 Å². The first-order valence-corrected chi connectivity index (χ1v) is 33.2. The van der Waals surface area contributed by atoms with E-state index < -0.39 is 5.41 Å². The van der Waals surface area contributed by atoms with Crippen LogP contribution in [-0.2, 0) is 5.41 Å². The zero-order chi connectivity index (χ0) is 64.3. The summed E-state index contributed by atoms with van der Waals surface area (Å²) in [4.78, 5) is 11.3. The standard InChI is InChI=1S/C90H53N7O/c91-52-55-32-38-82-70(44-55)73-46-57(34-40-85(73)96(82)64-22-8-3-9-23-64)60-37-43-87-75(49-60)90(74-48-59(36-42-86(74)98-87)56-33-39-83-71(45-56)68-26-12-16-30-80(68)94(83)62-18-4-1-5-19-62)76-50-61(58-35-41-84-72(47-58)69-27-13-17-31-81(69)95(84)63-20-6-2-7-21-63)53-92-88(76)89-77(90)51-65(54-93-89)97-78-28-14-10-24-66(78)67-25-11-15-29-79(67)97/h1-51,53-54H. The summed E-state index contributed by atoms with van der Waals surface area (Å²) in [5.41, 5.74) is 24.4. The Morgan fingerprint density at radius 3 is 1.05 bits per heavy atom. The minimum absolute atomic E-state index is 0.610. The lowest BCUT2D eigenvalue weighted by atomic mass is 9.65. The molecule has 1 aliphatic carbocycles. The first-order valence-electron chi connectivity index (χ1n) is 33.2. The van der Waals surface area contributed by atoms with Gasteiger partial charge in [-0.1, -0.05) is 158 Å². The monoisotopic (exact) mass is 1250 g/mol. The Labute approximate surface area is 562 Å². The zero-order valence-corrected chi connectivity index (χ0v) is 52.6. The number of hydrogen-bond donors (Lipinski definition) is 0. The minimum Gasteiger partial charge on any atom is -0.457 e. The number of rotatable bonds is 7. The highest BCUT2D eigenvalue weighted by Gasteiger charge is 2.53. The summed E-state index contributed by atoms with van der Waals surface area (Å²) in [5.74, 6) is 1.49. The molecule has 0 radical (unpaired) electrons. The summed E-state index contributed by atoms with van der Waals surface area (Å²) >= 11 is 0. The van der Waals surface area contributed by atoms with Gasteiger partial charge in [-0.2, -0.15) is 5.26 Å². The van der Waals surface area contributed by atoms with Crippen LogP contribution in [-0.4, -0.2) is 28.2 Å². The SMILES string of the molecule is N#Cc1ccc2c(c1)c1cc(-c3ccc4c(c3)C3(c5cc(-c6ccc7c(c6)c6ccccc6n7-c6ccccc6)ccc5O4)c4cc(-c5ccc6c(c5)c5ccccc5n6-c5ccccc5)cnc4-c4ncc(-n5c6ccccc6c6ccccc65)cc43)ccc1n2-c1ccccc1. The first kappa shape index (κ1) is 54.1. The molecule has 8 nitrogen and oxygen atoms in total. The number of benzene rings is 13. The molecule has 0 saturated carbocycles. The molecular weight excluding hydrogens is 1200 g/mol. The van der Waals surface area contributed by atoms with Crippen LogP contribution in [0, 0.1) is 11.3 Å². The molecule has 21 rings (SSSR count). The molecule has 1 atom stereocenters. The maximum Gasteiger partial charge on any atom is 0.132 e. The van der Waals surface area contributed by atoms with Crippen molar-refractivity contribution in [2.45, 2.75) is 5.41 Å². The number of para-hydroxylation sites is 7. The van der Waals surface area contributed by atoms with Gasteiger partial charge in [0.1, 0.15) is 11.5 Å². The van der Waals surface area contributed by atoms with E-state index >= 15 is 0 Å². The Hall–Kier alpha value is -13.4. The van der Waals surface area contributed by atoms with Gasteiger partial charge in [-0.3, -0.25) is 9.97 Å². The number of hydrogen-bond acceptors (Lipinski definition) is 4. The number of aromatic nitrogens is 6. The summed E-state index contributed by atoms with van der Waals surface area (Å²) in [5, 5.41) is 19.4. The van der Waals surface area contributed by atoms with Crippen molar-refractivity contribution in [3.63, 3.8) is 0 Å². The molecular formula is C90H53N7O. The molecule has 98 heavy (non-hydrogen) atoms. The van der Waals surface area contributed by atoms with Gasteiger partial charge in [0.25, 0.3) is 0 Å². The normalized spacial score (nSPS) is 13.8. The van der Waals surface area contributed by atoms with E-state index in [0.717, 1.165) is 162 Å². The Morgan fingerprint density at radius 1 is 0.265 bits per heavy atom. The van der Waals surface area contributed by atoms with Gasteiger partial charge in [0.15, 0.2) is 0 Å². The molecule has 2 aliphatic rings. The van der Waals surface area contributed by atoms with Crippen LogP contribution in [0.5, 0.6) is 11.5 Å². The summed E-state index contributed by atoms with van der Waals surface area (Å²) in [6, 6.07) is 114. The van der Waals surface area contributed by atoms with Crippen molar-refractivity contribution in [2.75, 3.05) is 0 Å². The molecule has 0 bridgehead atoms. The quantitative estimate of drug-likeness (QED) is 0.159. The number of ether oxygens (including phenoxy) is 1. The van der Waals surface area contributed by atoms with Crippen molar-refractivity contribution in [2.24, 2.45) is 0 Å². The molecule has 7 heterocycles. The van der Waals surface area contributed by atoms with Gasteiger partial charge in [-0.25, -0.2) is 0 Å². The predicted octanol–water partition coefficient (Wildman–Crippen LogP) is 22.2. The third-order valence-corrected chi connectivity index (χ3v) is 20.9. The van der Waals surface area contributed by atoms with Gasteiger partial charge in [0, 0.05) is 94.2 Å². The number of pyridine rings is 2. The Kier molecular flexibility index (Phi) is 11.4. The van der Waals surface area contributed by atoms with E-state index in [1.807, 2.05) is 24.4 Å². The van der Waals surface area contributed by atoms with Crippen LogP contribution >= 0.6 is 0 Å². The fourth-order valence-corrected chi connectivity index (χ4v) is 16.7. The third kappa shape index (κ3) is 7.63. The maximum absolute atomic E-state index is 10.3. The molecule has 13 aromatic carbocycles. The molecule has 454 valence electrons.